The van der Waals surface area contributed by atoms with Gasteiger partial charge in [0.05, 0.1) is 0 Å². The van der Waals surface area contributed by atoms with Crippen molar-refractivity contribution in [1.82, 2.24) is 5.32 Å². The smallest absolute Gasteiger partial charge is 0.272 e. The molecule has 2 N–H and O–H groups in total. The molecular weight excluding hydrogens is 387 g/mol. The summed E-state index contributed by atoms with van der Waals surface area (Å²) in [5, 5.41) is 5.35. The fourth-order valence-electron chi connectivity index (χ4n) is 2.54. The van der Waals surface area contributed by atoms with Crippen molar-refractivity contribution in [2.45, 2.75) is 4.90 Å². The van der Waals surface area contributed by atoms with E-state index in [1.165, 1.54) is 24.3 Å². The van der Waals surface area contributed by atoms with E-state index in [9.17, 15) is 14.0 Å². The van der Waals surface area contributed by atoms with Gasteiger partial charge in [-0.1, -0.05) is 30.3 Å². The normalized spacial score (nSPS) is 11.0. The molecule has 6 heteroatoms. The Balaban J connectivity index is 1.86. The Kier molecular flexibility index (Phi) is 6.81. The van der Waals surface area contributed by atoms with Gasteiger partial charge in [-0.25, -0.2) is 4.39 Å². The van der Waals surface area contributed by atoms with Crippen LogP contribution in [0, 0.1) is 5.82 Å². The van der Waals surface area contributed by atoms with Crippen LogP contribution in [0.1, 0.15) is 15.9 Å². The predicted molar refractivity (Wildman–Crippen MR) is 115 cm³/mol. The quantitative estimate of drug-likeness (QED) is 0.449. The van der Waals surface area contributed by atoms with Crippen molar-refractivity contribution in [3.05, 3.63) is 102 Å². The van der Waals surface area contributed by atoms with E-state index in [1.54, 1.807) is 42.1 Å². The molecule has 0 aliphatic carbocycles. The van der Waals surface area contributed by atoms with E-state index in [0.29, 0.717) is 11.3 Å². The molecule has 0 fully saturated rings. The van der Waals surface area contributed by atoms with Crippen LogP contribution in [-0.4, -0.2) is 18.1 Å². The fraction of sp³-hybridized carbons (Fsp3) is 0.0435. The van der Waals surface area contributed by atoms with Gasteiger partial charge in [0.2, 0.25) is 0 Å². The largest absolute Gasteiger partial charge is 0.321 e. The summed E-state index contributed by atoms with van der Waals surface area (Å²) in [6.07, 6.45) is 3.58. The van der Waals surface area contributed by atoms with Crippen LogP contribution in [0.25, 0.3) is 6.08 Å². The Morgan fingerprint density at radius 1 is 0.897 bits per heavy atom. The minimum Gasteiger partial charge on any atom is -0.321 e. The Bertz CT molecular complexity index is 1020. The Hall–Kier alpha value is -3.38. The van der Waals surface area contributed by atoms with Crippen molar-refractivity contribution in [3.8, 4) is 0 Å². The summed E-state index contributed by atoms with van der Waals surface area (Å²) in [6.45, 7) is 0. The molecule has 3 rings (SSSR count). The summed E-state index contributed by atoms with van der Waals surface area (Å²) in [5.41, 5.74) is 1.71. The maximum absolute atomic E-state index is 13.1. The van der Waals surface area contributed by atoms with Crippen LogP contribution in [0.5, 0.6) is 0 Å². The summed E-state index contributed by atoms with van der Waals surface area (Å²) < 4.78 is 13.1. The molecular formula is C23H19FN2O2S. The third-order valence-corrected chi connectivity index (χ3v) is 4.80. The number of anilines is 1. The minimum atomic E-state index is -0.505. The van der Waals surface area contributed by atoms with Crippen LogP contribution in [-0.2, 0) is 4.79 Å². The third kappa shape index (κ3) is 5.80. The SMILES string of the molecule is CSc1ccc(/C=C(/NC(=O)c2ccccc2)C(=O)Nc2ccc(F)cc2)cc1. The van der Waals surface area contributed by atoms with E-state index in [0.717, 1.165) is 10.5 Å². The van der Waals surface area contributed by atoms with E-state index in [-0.39, 0.29) is 5.70 Å². The lowest BCUT2D eigenvalue weighted by molar-refractivity contribution is -0.113. The number of hydrogen-bond acceptors (Lipinski definition) is 3. The minimum absolute atomic E-state index is 0.0834. The monoisotopic (exact) mass is 406 g/mol. The molecule has 3 aromatic carbocycles. The molecule has 0 aliphatic rings. The van der Waals surface area contributed by atoms with Gasteiger partial charge in [-0.05, 0) is 66.4 Å². The van der Waals surface area contributed by atoms with E-state index in [2.05, 4.69) is 10.6 Å². The zero-order valence-corrected chi connectivity index (χ0v) is 16.5. The highest BCUT2D eigenvalue weighted by Gasteiger charge is 2.15. The standard InChI is InChI=1S/C23H19FN2O2S/c1-29-20-13-7-16(8-14-20)15-21(26-22(27)17-5-3-2-4-6-17)23(28)25-19-11-9-18(24)10-12-19/h2-15H,1H3,(H,25,28)(H,26,27)/b21-15+. The first-order chi connectivity index (χ1) is 14.0. The second kappa shape index (κ2) is 9.71. The van der Waals surface area contributed by atoms with Crippen LogP contribution in [0.3, 0.4) is 0 Å². The maximum atomic E-state index is 13.1. The van der Waals surface area contributed by atoms with Crippen molar-refractivity contribution in [1.29, 1.82) is 0 Å². The van der Waals surface area contributed by atoms with Gasteiger partial charge in [-0.15, -0.1) is 11.8 Å². The van der Waals surface area contributed by atoms with E-state index >= 15 is 0 Å². The molecule has 29 heavy (non-hydrogen) atoms. The molecule has 0 bridgehead atoms. The van der Waals surface area contributed by atoms with Crippen LogP contribution in [0.2, 0.25) is 0 Å². The molecule has 0 saturated heterocycles. The molecule has 0 saturated carbocycles. The van der Waals surface area contributed by atoms with E-state index in [4.69, 9.17) is 0 Å². The Morgan fingerprint density at radius 2 is 1.55 bits per heavy atom. The van der Waals surface area contributed by atoms with Crippen molar-refractivity contribution >= 4 is 35.3 Å². The van der Waals surface area contributed by atoms with Crippen molar-refractivity contribution in [2.24, 2.45) is 0 Å². The predicted octanol–water partition coefficient (Wildman–Crippen LogP) is 4.96. The first-order valence-corrected chi connectivity index (χ1v) is 10.1. The summed E-state index contributed by atoms with van der Waals surface area (Å²) in [5.74, 6) is -1.30. The van der Waals surface area contributed by atoms with Crippen molar-refractivity contribution in [3.63, 3.8) is 0 Å². The topological polar surface area (TPSA) is 58.2 Å². The van der Waals surface area contributed by atoms with Crippen LogP contribution in [0.4, 0.5) is 10.1 Å². The van der Waals surface area contributed by atoms with Crippen molar-refractivity contribution < 1.29 is 14.0 Å². The first kappa shape index (κ1) is 20.4. The van der Waals surface area contributed by atoms with Gasteiger partial charge in [-0.3, -0.25) is 9.59 Å². The zero-order valence-electron chi connectivity index (χ0n) is 15.7. The molecule has 0 heterocycles. The lowest BCUT2D eigenvalue weighted by atomic mass is 10.1. The average Bonchev–Trinajstić information content (AvgIpc) is 2.76. The summed E-state index contributed by atoms with van der Waals surface area (Å²) >= 11 is 1.61. The molecule has 4 nitrogen and oxygen atoms in total. The number of thioether (sulfide) groups is 1. The van der Waals surface area contributed by atoms with E-state index in [1.807, 2.05) is 36.6 Å². The van der Waals surface area contributed by atoms with Crippen LogP contribution < -0.4 is 10.6 Å². The lowest BCUT2D eigenvalue weighted by Crippen LogP contribution is -2.30. The highest BCUT2D eigenvalue weighted by molar-refractivity contribution is 7.98. The number of benzene rings is 3. The summed E-state index contributed by atoms with van der Waals surface area (Å²) in [4.78, 5) is 26.5. The van der Waals surface area contributed by atoms with Gasteiger partial charge in [0.15, 0.2) is 0 Å². The second-order valence-electron chi connectivity index (χ2n) is 6.11. The van der Waals surface area contributed by atoms with Crippen molar-refractivity contribution in [2.75, 3.05) is 11.6 Å². The van der Waals surface area contributed by atoms with Gasteiger partial charge in [-0.2, -0.15) is 0 Å². The number of halogens is 1. The second-order valence-corrected chi connectivity index (χ2v) is 6.99. The number of nitrogens with one attached hydrogen (secondary N) is 2. The molecule has 0 aromatic heterocycles. The number of carbonyl (C=O) groups excluding carboxylic acids is 2. The molecule has 0 radical (unpaired) electrons. The fourth-order valence-corrected chi connectivity index (χ4v) is 2.95. The molecule has 3 aromatic rings. The van der Waals surface area contributed by atoms with Gasteiger partial charge >= 0.3 is 0 Å². The van der Waals surface area contributed by atoms with Crippen LogP contribution in [0.15, 0.2) is 89.5 Å². The number of rotatable bonds is 6. The van der Waals surface area contributed by atoms with Gasteiger partial charge < -0.3 is 10.6 Å². The molecule has 0 spiro atoms. The highest BCUT2D eigenvalue weighted by atomic mass is 32.2. The molecule has 0 aliphatic heterocycles. The van der Waals surface area contributed by atoms with Crippen LogP contribution >= 0.6 is 11.8 Å². The molecule has 2 amide bonds. The third-order valence-electron chi connectivity index (χ3n) is 4.06. The zero-order chi connectivity index (χ0) is 20.6. The Labute approximate surface area is 172 Å². The first-order valence-electron chi connectivity index (χ1n) is 8.84. The van der Waals surface area contributed by atoms with Gasteiger partial charge in [0, 0.05) is 16.1 Å². The Morgan fingerprint density at radius 3 is 2.17 bits per heavy atom. The highest BCUT2D eigenvalue weighted by Crippen LogP contribution is 2.17. The van der Waals surface area contributed by atoms with Gasteiger partial charge in [0.25, 0.3) is 11.8 Å². The number of hydrogen-bond donors (Lipinski definition) is 2. The molecule has 0 atom stereocenters. The van der Waals surface area contributed by atoms with E-state index < -0.39 is 17.6 Å². The maximum Gasteiger partial charge on any atom is 0.272 e. The summed E-state index contributed by atoms with van der Waals surface area (Å²) in [6, 6.07) is 21.7. The number of amides is 2. The molecule has 0 unspecified atom stereocenters. The number of carbonyl (C=O) groups is 2. The summed E-state index contributed by atoms with van der Waals surface area (Å²) in [7, 11) is 0. The van der Waals surface area contributed by atoms with Gasteiger partial charge in [0.1, 0.15) is 11.5 Å². The lowest BCUT2D eigenvalue weighted by Gasteiger charge is -2.11. The molecule has 146 valence electrons. The average molecular weight is 406 g/mol.